The fraction of sp³-hybridized carbons (Fsp3) is 0.800. The first kappa shape index (κ1) is 11.3. The molecule has 0 aliphatic carbocycles. The first-order chi connectivity index (χ1) is 4.79. The number of rotatable bonds is 1. The first-order valence-electron chi connectivity index (χ1n) is 2.90. The van der Waals surface area contributed by atoms with Gasteiger partial charge in [-0.05, 0) is 0 Å². The van der Waals surface area contributed by atoms with Gasteiger partial charge in [-0.1, -0.05) is 12.2 Å². The molecule has 0 radical (unpaired) electrons. The molecule has 64 valence electrons. The number of ether oxygens (including phenoxy) is 3. The van der Waals surface area contributed by atoms with Crippen molar-refractivity contribution in [1.29, 1.82) is 0 Å². The SMILES string of the molecule is [Mo].[NH-]C(=S)OC1COCCO1. The van der Waals surface area contributed by atoms with Gasteiger partial charge in [-0.25, -0.2) is 0 Å². The van der Waals surface area contributed by atoms with Gasteiger partial charge in [0.2, 0.25) is 6.29 Å². The van der Waals surface area contributed by atoms with Crippen molar-refractivity contribution >= 4 is 17.4 Å². The minimum absolute atomic E-state index is 0. The molecule has 1 unspecified atom stereocenters. The zero-order valence-corrected chi connectivity index (χ0v) is 8.56. The Hall–Kier alpha value is 0.298. The average Bonchev–Trinajstić information content (AvgIpc) is 1.88. The van der Waals surface area contributed by atoms with Crippen LogP contribution in [0.3, 0.4) is 0 Å². The summed E-state index contributed by atoms with van der Waals surface area (Å²) >= 11 is 4.39. The molecule has 1 fully saturated rings. The number of nitrogens with one attached hydrogen (secondary N) is 1. The Bertz CT molecular complexity index is 129. The summed E-state index contributed by atoms with van der Waals surface area (Å²) in [5.74, 6) is 0. The van der Waals surface area contributed by atoms with E-state index < -0.39 is 6.29 Å². The minimum atomic E-state index is -0.473. The second-order valence-electron chi connectivity index (χ2n) is 1.78. The van der Waals surface area contributed by atoms with Crippen LogP contribution in [-0.2, 0) is 35.3 Å². The van der Waals surface area contributed by atoms with Crippen LogP contribution in [-0.4, -0.2) is 31.3 Å². The van der Waals surface area contributed by atoms with E-state index in [1.165, 1.54) is 0 Å². The van der Waals surface area contributed by atoms with Crippen molar-refractivity contribution in [2.24, 2.45) is 0 Å². The monoisotopic (exact) mass is 260 g/mol. The molecule has 0 bridgehead atoms. The van der Waals surface area contributed by atoms with Crippen molar-refractivity contribution in [3.05, 3.63) is 5.73 Å². The van der Waals surface area contributed by atoms with Gasteiger partial charge in [0.25, 0.3) is 0 Å². The summed E-state index contributed by atoms with van der Waals surface area (Å²) in [7, 11) is 0. The van der Waals surface area contributed by atoms with Crippen LogP contribution < -0.4 is 0 Å². The van der Waals surface area contributed by atoms with Crippen LogP contribution >= 0.6 is 12.2 Å². The molecule has 0 spiro atoms. The second kappa shape index (κ2) is 5.89. The zero-order chi connectivity index (χ0) is 7.40. The van der Waals surface area contributed by atoms with Crippen molar-refractivity contribution in [2.45, 2.75) is 6.29 Å². The normalized spacial score (nSPS) is 23.5. The molecule has 1 rings (SSSR count). The van der Waals surface area contributed by atoms with Crippen molar-refractivity contribution < 1.29 is 35.3 Å². The number of thiocarbonyl (C=S) groups is 1. The Balaban J connectivity index is 0.000001000. The van der Waals surface area contributed by atoms with E-state index in [9.17, 15) is 0 Å². The molecule has 1 aliphatic rings. The van der Waals surface area contributed by atoms with E-state index in [1.807, 2.05) is 0 Å². The molecule has 0 aromatic rings. The van der Waals surface area contributed by atoms with Gasteiger partial charge in [0, 0.05) is 21.1 Å². The topological polar surface area (TPSA) is 51.5 Å². The Morgan fingerprint density at radius 1 is 1.55 bits per heavy atom. The van der Waals surface area contributed by atoms with E-state index in [-0.39, 0.29) is 26.2 Å². The van der Waals surface area contributed by atoms with Gasteiger partial charge < -0.3 is 19.9 Å². The van der Waals surface area contributed by atoms with Crippen molar-refractivity contribution in [2.75, 3.05) is 19.8 Å². The van der Waals surface area contributed by atoms with Crippen molar-refractivity contribution in [3.63, 3.8) is 0 Å². The molecule has 1 heterocycles. The molecule has 1 aliphatic heterocycles. The average molecular weight is 258 g/mol. The van der Waals surface area contributed by atoms with Crippen molar-refractivity contribution in [3.8, 4) is 0 Å². The molecule has 4 nitrogen and oxygen atoms in total. The largest absolute Gasteiger partial charge is 0.659 e. The van der Waals surface area contributed by atoms with Crippen LogP contribution in [0, 0.1) is 0 Å². The smallest absolute Gasteiger partial charge is 0.222 e. The molecule has 0 amide bonds. The fourth-order valence-electron chi connectivity index (χ4n) is 0.654. The Morgan fingerprint density at radius 3 is 2.73 bits per heavy atom. The predicted octanol–water partition coefficient (Wildman–Crippen LogP) is 0.711. The van der Waals surface area contributed by atoms with E-state index in [0.29, 0.717) is 19.8 Å². The third-order valence-electron chi connectivity index (χ3n) is 1.02. The van der Waals surface area contributed by atoms with Crippen LogP contribution in [0.4, 0.5) is 0 Å². The number of hydrogen-bond acceptors (Lipinski definition) is 4. The van der Waals surface area contributed by atoms with E-state index in [4.69, 9.17) is 19.9 Å². The maximum Gasteiger partial charge on any atom is 0.222 e. The first-order valence-corrected chi connectivity index (χ1v) is 3.31. The fourth-order valence-corrected chi connectivity index (χ4v) is 0.761. The molecule has 11 heavy (non-hydrogen) atoms. The van der Waals surface area contributed by atoms with Crippen LogP contribution in [0.15, 0.2) is 0 Å². The van der Waals surface area contributed by atoms with Gasteiger partial charge in [-0.3, -0.25) is 0 Å². The van der Waals surface area contributed by atoms with E-state index in [1.54, 1.807) is 0 Å². The van der Waals surface area contributed by atoms with E-state index in [2.05, 4.69) is 12.2 Å². The van der Waals surface area contributed by atoms with Gasteiger partial charge in [-0.15, -0.1) is 0 Å². The Kier molecular flexibility index (Phi) is 6.05. The molecule has 0 aromatic heterocycles. The third-order valence-corrected chi connectivity index (χ3v) is 1.12. The molecular formula is C5H8MoNO3S-. The summed E-state index contributed by atoms with van der Waals surface area (Å²) < 4.78 is 14.8. The summed E-state index contributed by atoms with van der Waals surface area (Å²) in [5, 5.41) is -0.254. The summed E-state index contributed by atoms with van der Waals surface area (Å²) in [6.07, 6.45) is -0.473. The molecular weight excluding hydrogens is 250 g/mol. The van der Waals surface area contributed by atoms with Crippen LogP contribution in [0.2, 0.25) is 0 Å². The van der Waals surface area contributed by atoms with Crippen molar-refractivity contribution in [1.82, 2.24) is 0 Å². The molecule has 0 saturated carbocycles. The summed E-state index contributed by atoms with van der Waals surface area (Å²) in [6.45, 7) is 1.46. The summed E-state index contributed by atoms with van der Waals surface area (Å²) in [4.78, 5) is 0. The van der Waals surface area contributed by atoms with Gasteiger partial charge in [0.1, 0.15) is 6.61 Å². The number of hydrogen-bond donors (Lipinski definition) is 0. The third kappa shape index (κ3) is 4.69. The minimum Gasteiger partial charge on any atom is -0.659 e. The maximum atomic E-state index is 6.79. The molecule has 1 saturated heterocycles. The molecule has 1 atom stereocenters. The van der Waals surface area contributed by atoms with Gasteiger partial charge >= 0.3 is 0 Å². The standard InChI is InChI=1S/C5H9NO3S.Mo/c6-5(10)9-4-3-7-1-2-8-4;/h4H,1-3H2,(H2,6,10);/p-1. The van der Waals surface area contributed by atoms with Gasteiger partial charge in [-0.2, -0.15) is 0 Å². The van der Waals surface area contributed by atoms with Crippen LogP contribution in [0.1, 0.15) is 0 Å². The Morgan fingerprint density at radius 2 is 2.27 bits per heavy atom. The summed E-state index contributed by atoms with van der Waals surface area (Å²) in [5.41, 5.74) is 6.79. The van der Waals surface area contributed by atoms with Gasteiger partial charge in [0.05, 0.1) is 18.4 Å². The van der Waals surface area contributed by atoms with Crippen LogP contribution in [0.25, 0.3) is 5.73 Å². The Labute approximate surface area is 84.6 Å². The maximum absolute atomic E-state index is 6.79. The van der Waals surface area contributed by atoms with Gasteiger partial charge in [0.15, 0.2) is 0 Å². The van der Waals surface area contributed by atoms with E-state index >= 15 is 0 Å². The molecule has 6 heteroatoms. The predicted molar refractivity (Wildman–Crippen MR) is 38.6 cm³/mol. The zero-order valence-electron chi connectivity index (χ0n) is 5.74. The quantitative estimate of drug-likeness (QED) is 0.513. The molecule has 0 aromatic carbocycles. The second-order valence-corrected chi connectivity index (χ2v) is 2.15. The summed E-state index contributed by atoms with van der Waals surface area (Å²) in [6, 6.07) is 0. The van der Waals surface area contributed by atoms with Crippen LogP contribution in [0.5, 0.6) is 0 Å². The van der Waals surface area contributed by atoms with E-state index in [0.717, 1.165) is 0 Å². The molecule has 1 N–H and O–H groups in total.